The van der Waals surface area contributed by atoms with Crippen LogP contribution in [0, 0.1) is 6.92 Å². The summed E-state index contributed by atoms with van der Waals surface area (Å²) in [4.78, 5) is 4.05. The molecule has 0 saturated carbocycles. The lowest BCUT2D eigenvalue weighted by molar-refractivity contribution is 0.370. The lowest BCUT2D eigenvalue weighted by atomic mass is 10.3. The minimum atomic E-state index is -2.93. The van der Waals surface area contributed by atoms with Crippen molar-refractivity contribution in [1.82, 2.24) is 15.5 Å². The van der Waals surface area contributed by atoms with Crippen LogP contribution in [0.25, 0.3) is 0 Å². The zero-order valence-corrected chi connectivity index (χ0v) is 10.5. The fourth-order valence-corrected chi connectivity index (χ4v) is 2.41. The van der Waals surface area contributed by atoms with Crippen LogP contribution in [0.2, 0.25) is 0 Å². The molecule has 0 aliphatic heterocycles. The summed E-state index contributed by atoms with van der Waals surface area (Å²) in [6, 6.07) is -0.0704. The van der Waals surface area contributed by atoms with Gasteiger partial charge in [-0.15, -0.1) is 0 Å². The zero-order valence-electron chi connectivity index (χ0n) is 9.73. The minimum absolute atomic E-state index is 0.0704. The number of rotatable bonds is 6. The van der Waals surface area contributed by atoms with Crippen LogP contribution in [0.1, 0.15) is 18.6 Å². The molecule has 1 heterocycles. The van der Waals surface area contributed by atoms with E-state index in [1.165, 1.54) is 6.26 Å². The van der Waals surface area contributed by atoms with Gasteiger partial charge in [-0.2, -0.15) is 4.98 Å². The molecule has 0 aliphatic carbocycles. The maximum Gasteiger partial charge on any atom is 0.227 e. The lowest BCUT2D eigenvalue weighted by Gasteiger charge is -2.11. The van der Waals surface area contributed by atoms with Crippen molar-refractivity contribution in [3.8, 4) is 0 Å². The Labute approximate surface area is 95.3 Å². The molecular weight excluding hydrogens is 230 g/mol. The van der Waals surface area contributed by atoms with E-state index in [0.29, 0.717) is 24.7 Å². The van der Waals surface area contributed by atoms with Crippen LogP contribution in [0.5, 0.6) is 0 Å². The summed E-state index contributed by atoms with van der Waals surface area (Å²) in [5, 5.41) is 6.75. The SMILES string of the molecule is Cc1noc(CCNC(C)CS(C)(=O)=O)n1. The van der Waals surface area contributed by atoms with E-state index in [9.17, 15) is 8.42 Å². The van der Waals surface area contributed by atoms with Crippen molar-refractivity contribution < 1.29 is 12.9 Å². The number of nitrogens with zero attached hydrogens (tertiary/aromatic N) is 2. The summed E-state index contributed by atoms with van der Waals surface area (Å²) in [5.41, 5.74) is 0. The third-order valence-electron chi connectivity index (χ3n) is 1.95. The highest BCUT2D eigenvalue weighted by molar-refractivity contribution is 7.90. The Balaban J connectivity index is 2.25. The Bertz CT molecular complexity index is 427. The second kappa shape index (κ2) is 5.40. The number of sulfone groups is 1. The molecule has 92 valence electrons. The van der Waals surface area contributed by atoms with Crippen molar-refractivity contribution in [1.29, 1.82) is 0 Å². The quantitative estimate of drug-likeness (QED) is 0.758. The van der Waals surface area contributed by atoms with Gasteiger partial charge in [0.2, 0.25) is 5.89 Å². The summed E-state index contributed by atoms with van der Waals surface area (Å²) in [6.45, 7) is 4.21. The zero-order chi connectivity index (χ0) is 12.2. The smallest absolute Gasteiger partial charge is 0.227 e. The van der Waals surface area contributed by atoms with Crippen LogP contribution in [-0.2, 0) is 16.3 Å². The van der Waals surface area contributed by atoms with E-state index in [-0.39, 0.29) is 11.8 Å². The van der Waals surface area contributed by atoms with Gasteiger partial charge >= 0.3 is 0 Å². The summed E-state index contributed by atoms with van der Waals surface area (Å²) in [5.74, 6) is 1.31. The Hall–Kier alpha value is -0.950. The molecule has 16 heavy (non-hydrogen) atoms. The van der Waals surface area contributed by atoms with Gasteiger partial charge in [-0.05, 0) is 13.8 Å². The standard InChI is InChI=1S/C9H17N3O3S/c1-7(6-16(3,13)14)10-5-4-9-11-8(2)12-15-9/h7,10H,4-6H2,1-3H3. The van der Waals surface area contributed by atoms with Crippen LogP contribution in [0.3, 0.4) is 0 Å². The van der Waals surface area contributed by atoms with Gasteiger partial charge in [0.15, 0.2) is 5.82 Å². The molecule has 7 heteroatoms. The third-order valence-corrected chi connectivity index (χ3v) is 3.06. The first-order valence-corrected chi connectivity index (χ1v) is 7.13. The van der Waals surface area contributed by atoms with Gasteiger partial charge in [0.05, 0.1) is 5.75 Å². The van der Waals surface area contributed by atoms with Crippen molar-refractivity contribution in [2.45, 2.75) is 26.3 Å². The van der Waals surface area contributed by atoms with E-state index < -0.39 is 9.84 Å². The monoisotopic (exact) mass is 247 g/mol. The summed E-state index contributed by atoms with van der Waals surface area (Å²) in [6.07, 6.45) is 1.83. The molecule has 1 N–H and O–H groups in total. The van der Waals surface area contributed by atoms with Gasteiger partial charge in [-0.3, -0.25) is 0 Å². The molecule has 0 radical (unpaired) electrons. The number of hydrogen-bond donors (Lipinski definition) is 1. The molecule has 0 aromatic carbocycles. The van der Waals surface area contributed by atoms with Crippen molar-refractivity contribution in [3.05, 3.63) is 11.7 Å². The first-order valence-electron chi connectivity index (χ1n) is 5.07. The molecule has 0 aliphatic rings. The van der Waals surface area contributed by atoms with Gasteiger partial charge in [0.25, 0.3) is 0 Å². The maximum atomic E-state index is 11.0. The highest BCUT2D eigenvalue weighted by Gasteiger charge is 2.10. The minimum Gasteiger partial charge on any atom is -0.339 e. The van der Waals surface area contributed by atoms with Crippen molar-refractivity contribution in [2.75, 3.05) is 18.6 Å². The van der Waals surface area contributed by atoms with Crippen molar-refractivity contribution in [3.63, 3.8) is 0 Å². The molecule has 1 rings (SSSR count). The molecule has 0 fully saturated rings. The first-order chi connectivity index (χ1) is 7.37. The molecular formula is C9H17N3O3S. The first kappa shape index (κ1) is 13.1. The van der Waals surface area contributed by atoms with E-state index in [1.807, 2.05) is 6.92 Å². The Kier molecular flexibility index (Phi) is 4.43. The van der Waals surface area contributed by atoms with E-state index in [4.69, 9.17) is 4.52 Å². The van der Waals surface area contributed by atoms with Crippen LogP contribution in [0.4, 0.5) is 0 Å². The molecule has 6 nitrogen and oxygen atoms in total. The summed E-state index contributed by atoms with van der Waals surface area (Å²) >= 11 is 0. The van der Waals surface area contributed by atoms with Gasteiger partial charge in [-0.1, -0.05) is 5.16 Å². The largest absolute Gasteiger partial charge is 0.339 e. The topological polar surface area (TPSA) is 85.1 Å². The van der Waals surface area contributed by atoms with Crippen molar-refractivity contribution in [2.24, 2.45) is 0 Å². The van der Waals surface area contributed by atoms with Crippen LogP contribution >= 0.6 is 0 Å². The number of hydrogen-bond acceptors (Lipinski definition) is 6. The maximum absolute atomic E-state index is 11.0. The predicted molar refractivity (Wildman–Crippen MR) is 59.9 cm³/mol. The van der Waals surface area contributed by atoms with Crippen molar-refractivity contribution >= 4 is 9.84 Å². The van der Waals surface area contributed by atoms with E-state index in [0.717, 1.165) is 0 Å². The summed E-state index contributed by atoms with van der Waals surface area (Å²) < 4.78 is 26.9. The predicted octanol–water partition coefficient (Wildman–Crippen LogP) is -0.0568. The summed E-state index contributed by atoms with van der Waals surface area (Å²) in [7, 11) is -2.93. The van der Waals surface area contributed by atoms with E-state index >= 15 is 0 Å². The second-order valence-electron chi connectivity index (χ2n) is 3.93. The van der Waals surface area contributed by atoms with E-state index in [1.54, 1.807) is 6.92 Å². The molecule has 1 atom stereocenters. The Morgan fingerprint density at radius 1 is 1.50 bits per heavy atom. The number of aryl methyl sites for hydroxylation is 1. The average Bonchev–Trinajstić information content (AvgIpc) is 2.48. The normalized spacial score (nSPS) is 13.9. The fourth-order valence-electron chi connectivity index (χ4n) is 1.38. The third kappa shape index (κ3) is 5.22. The fraction of sp³-hybridized carbons (Fsp3) is 0.778. The second-order valence-corrected chi connectivity index (χ2v) is 6.12. The van der Waals surface area contributed by atoms with Crippen LogP contribution < -0.4 is 5.32 Å². The van der Waals surface area contributed by atoms with E-state index in [2.05, 4.69) is 15.5 Å². The average molecular weight is 247 g/mol. The Morgan fingerprint density at radius 3 is 2.69 bits per heavy atom. The number of nitrogens with one attached hydrogen (secondary N) is 1. The molecule has 0 bridgehead atoms. The van der Waals surface area contributed by atoms with Crippen LogP contribution in [-0.4, -0.2) is 43.2 Å². The van der Waals surface area contributed by atoms with Crippen LogP contribution in [0.15, 0.2) is 4.52 Å². The van der Waals surface area contributed by atoms with Gasteiger partial charge in [0.1, 0.15) is 9.84 Å². The van der Waals surface area contributed by atoms with Gasteiger partial charge in [-0.25, -0.2) is 8.42 Å². The molecule has 1 aromatic heterocycles. The molecule has 1 aromatic rings. The highest BCUT2D eigenvalue weighted by atomic mass is 32.2. The molecule has 1 unspecified atom stereocenters. The highest BCUT2D eigenvalue weighted by Crippen LogP contribution is 1.96. The molecule has 0 saturated heterocycles. The Morgan fingerprint density at radius 2 is 2.19 bits per heavy atom. The molecule has 0 amide bonds. The lowest BCUT2D eigenvalue weighted by Crippen LogP contribution is -2.34. The van der Waals surface area contributed by atoms with Gasteiger partial charge in [0, 0.05) is 25.3 Å². The number of aromatic nitrogens is 2. The van der Waals surface area contributed by atoms with Gasteiger partial charge < -0.3 is 9.84 Å². The molecule has 0 spiro atoms.